The predicted molar refractivity (Wildman–Crippen MR) is 71.6 cm³/mol. The van der Waals surface area contributed by atoms with Gasteiger partial charge >= 0.3 is 0 Å². The van der Waals surface area contributed by atoms with Crippen LogP contribution in [0.1, 0.15) is 51.2 Å². The summed E-state index contributed by atoms with van der Waals surface area (Å²) in [4.78, 5) is 0. The number of hydrogen-bond acceptors (Lipinski definition) is 1. The first-order valence-corrected chi connectivity index (χ1v) is 7.01. The third-order valence-electron chi connectivity index (χ3n) is 4.40. The van der Waals surface area contributed by atoms with Crippen LogP contribution in [0.4, 0.5) is 4.39 Å². The molecule has 1 aromatic rings. The van der Waals surface area contributed by atoms with E-state index in [9.17, 15) is 9.50 Å². The molecule has 0 heterocycles. The fourth-order valence-corrected chi connectivity index (χ4v) is 3.09. The minimum atomic E-state index is -0.506. The molecule has 0 bridgehead atoms. The first kappa shape index (κ1) is 13.5. The van der Waals surface area contributed by atoms with Gasteiger partial charge in [0, 0.05) is 0 Å². The van der Waals surface area contributed by atoms with E-state index in [4.69, 9.17) is 0 Å². The molecule has 1 aliphatic carbocycles. The molecule has 1 unspecified atom stereocenters. The van der Waals surface area contributed by atoms with Crippen molar-refractivity contribution in [1.29, 1.82) is 0 Å². The van der Waals surface area contributed by atoms with Gasteiger partial charge in [-0.15, -0.1) is 0 Å². The second-order valence-corrected chi connectivity index (χ2v) is 5.92. The Kier molecular flexibility index (Phi) is 4.39. The molecular weight excluding hydrogens is 227 g/mol. The van der Waals surface area contributed by atoms with Crippen molar-refractivity contribution in [1.82, 2.24) is 0 Å². The largest absolute Gasteiger partial charge is 0.388 e. The van der Waals surface area contributed by atoms with Crippen LogP contribution in [0.2, 0.25) is 0 Å². The van der Waals surface area contributed by atoms with Crippen LogP contribution >= 0.6 is 0 Å². The van der Waals surface area contributed by atoms with Gasteiger partial charge in [0.05, 0.1) is 6.10 Å². The molecule has 0 aliphatic heterocycles. The molecule has 2 heteroatoms. The molecule has 2 rings (SSSR count). The highest BCUT2D eigenvalue weighted by atomic mass is 19.1. The summed E-state index contributed by atoms with van der Waals surface area (Å²) in [5, 5.41) is 10.3. The van der Waals surface area contributed by atoms with Crippen molar-refractivity contribution in [2.45, 2.75) is 45.6 Å². The van der Waals surface area contributed by atoms with Crippen molar-refractivity contribution in [3.63, 3.8) is 0 Å². The van der Waals surface area contributed by atoms with E-state index >= 15 is 0 Å². The third-order valence-corrected chi connectivity index (χ3v) is 4.40. The van der Waals surface area contributed by atoms with E-state index < -0.39 is 6.10 Å². The Labute approximate surface area is 109 Å². The number of halogens is 1. The minimum absolute atomic E-state index is 0.262. The van der Waals surface area contributed by atoms with Gasteiger partial charge in [-0.3, -0.25) is 0 Å². The van der Waals surface area contributed by atoms with Crippen molar-refractivity contribution in [3.05, 3.63) is 35.6 Å². The Morgan fingerprint density at radius 1 is 1.11 bits per heavy atom. The van der Waals surface area contributed by atoms with Crippen LogP contribution in [0, 0.1) is 23.6 Å². The molecule has 1 fully saturated rings. The predicted octanol–water partition coefficient (Wildman–Crippen LogP) is 4.32. The smallest absolute Gasteiger partial charge is 0.123 e. The maximum Gasteiger partial charge on any atom is 0.123 e. The summed E-state index contributed by atoms with van der Waals surface area (Å²) in [6, 6.07) is 6.38. The topological polar surface area (TPSA) is 20.2 Å². The van der Waals surface area contributed by atoms with Crippen LogP contribution in [-0.4, -0.2) is 5.11 Å². The molecule has 0 aromatic heterocycles. The molecule has 1 N–H and O–H groups in total. The highest BCUT2D eigenvalue weighted by Gasteiger charge is 2.28. The fraction of sp³-hybridized carbons (Fsp3) is 0.625. The Balaban J connectivity index is 1.97. The second-order valence-electron chi connectivity index (χ2n) is 5.92. The second kappa shape index (κ2) is 5.83. The SMILES string of the molecule is CC(C)C1CCC(C(O)c2cccc(F)c2)CC1. The quantitative estimate of drug-likeness (QED) is 0.847. The number of rotatable bonds is 3. The van der Waals surface area contributed by atoms with E-state index in [-0.39, 0.29) is 5.82 Å². The zero-order chi connectivity index (χ0) is 13.1. The van der Waals surface area contributed by atoms with Gasteiger partial charge in [-0.05, 0) is 61.1 Å². The maximum absolute atomic E-state index is 13.2. The Bertz CT molecular complexity index is 380. The maximum atomic E-state index is 13.2. The van der Waals surface area contributed by atoms with Crippen molar-refractivity contribution < 1.29 is 9.50 Å². The number of hydrogen-bond donors (Lipinski definition) is 1. The first-order chi connectivity index (χ1) is 8.58. The van der Waals surface area contributed by atoms with Crippen LogP contribution < -0.4 is 0 Å². The van der Waals surface area contributed by atoms with Gasteiger partial charge < -0.3 is 5.11 Å². The van der Waals surface area contributed by atoms with Crippen molar-refractivity contribution in [3.8, 4) is 0 Å². The minimum Gasteiger partial charge on any atom is -0.388 e. The summed E-state index contributed by atoms with van der Waals surface area (Å²) in [6.07, 6.45) is 3.98. The van der Waals surface area contributed by atoms with E-state index in [0.717, 1.165) is 30.2 Å². The van der Waals surface area contributed by atoms with Crippen molar-refractivity contribution in [2.24, 2.45) is 17.8 Å². The molecule has 1 atom stereocenters. The van der Waals surface area contributed by atoms with Crippen LogP contribution in [-0.2, 0) is 0 Å². The fourth-order valence-electron chi connectivity index (χ4n) is 3.09. The monoisotopic (exact) mass is 250 g/mol. The average molecular weight is 250 g/mol. The molecule has 1 aliphatic rings. The van der Waals surface area contributed by atoms with E-state index in [1.165, 1.54) is 25.0 Å². The van der Waals surface area contributed by atoms with Gasteiger partial charge in [0.25, 0.3) is 0 Å². The van der Waals surface area contributed by atoms with Crippen molar-refractivity contribution in [2.75, 3.05) is 0 Å². The van der Waals surface area contributed by atoms with Gasteiger partial charge in [0.1, 0.15) is 5.82 Å². The number of benzene rings is 1. The van der Waals surface area contributed by atoms with Gasteiger partial charge in [-0.1, -0.05) is 26.0 Å². The summed E-state index contributed by atoms with van der Waals surface area (Å²) in [6.45, 7) is 4.54. The number of aliphatic hydroxyl groups is 1. The van der Waals surface area contributed by atoms with Gasteiger partial charge in [-0.25, -0.2) is 4.39 Å². The van der Waals surface area contributed by atoms with E-state index in [2.05, 4.69) is 13.8 Å². The van der Waals surface area contributed by atoms with Gasteiger partial charge in [-0.2, -0.15) is 0 Å². The molecular formula is C16H23FO. The molecule has 0 spiro atoms. The Morgan fingerprint density at radius 2 is 1.72 bits per heavy atom. The summed E-state index contributed by atoms with van der Waals surface area (Å²) >= 11 is 0. The molecule has 0 amide bonds. The van der Waals surface area contributed by atoms with Crippen LogP contribution in [0.3, 0.4) is 0 Å². The molecule has 100 valence electrons. The van der Waals surface area contributed by atoms with Crippen LogP contribution in [0.25, 0.3) is 0 Å². The van der Waals surface area contributed by atoms with Gasteiger partial charge in [0.15, 0.2) is 0 Å². The highest BCUT2D eigenvalue weighted by Crippen LogP contribution is 2.39. The molecule has 1 nitrogen and oxygen atoms in total. The summed E-state index contributed by atoms with van der Waals surface area (Å²) in [5.41, 5.74) is 0.725. The zero-order valence-electron chi connectivity index (χ0n) is 11.3. The lowest BCUT2D eigenvalue weighted by Crippen LogP contribution is -2.23. The molecule has 1 aromatic carbocycles. The molecule has 18 heavy (non-hydrogen) atoms. The lowest BCUT2D eigenvalue weighted by atomic mass is 9.74. The molecule has 1 saturated carbocycles. The highest BCUT2D eigenvalue weighted by molar-refractivity contribution is 5.19. The van der Waals surface area contributed by atoms with E-state index in [0.29, 0.717) is 5.92 Å². The first-order valence-electron chi connectivity index (χ1n) is 7.01. The molecule has 0 saturated heterocycles. The average Bonchev–Trinajstić information content (AvgIpc) is 2.38. The third kappa shape index (κ3) is 3.11. The van der Waals surface area contributed by atoms with Crippen molar-refractivity contribution >= 4 is 0 Å². The normalized spacial score (nSPS) is 26.3. The molecule has 0 radical (unpaired) electrons. The lowest BCUT2D eigenvalue weighted by molar-refractivity contribution is 0.0666. The standard InChI is InChI=1S/C16H23FO/c1-11(2)12-6-8-13(9-7-12)16(18)14-4-3-5-15(17)10-14/h3-5,10-13,16,18H,6-9H2,1-2H3. The lowest BCUT2D eigenvalue weighted by Gasteiger charge is -2.33. The van der Waals surface area contributed by atoms with Crippen LogP contribution in [0.15, 0.2) is 24.3 Å². The van der Waals surface area contributed by atoms with Gasteiger partial charge in [0.2, 0.25) is 0 Å². The Hall–Kier alpha value is -0.890. The number of aliphatic hydroxyl groups excluding tert-OH is 1. The zero-order valence-corrected chi connectivity index (χ0v) is 11.3. The Morgan fingerprint density at radius 3 is 2.28 bits per heavy atom. The summed E-state index contributed by atoms with van der Waals surface area (Å²) in [7, 11) is 0. The van der Waals surface area contributed by atoms with E-state index in [1.54, 1.807) is 6.07 Å². The summed E-state index contributed by atoms with van der Waals surface area (Å²) < 4.78 is 13.2. The van der Waals surface area contributed by atoms with E-state index in [1.807, 2.05) is 6.07 Å². The van der Waals surface area contributed by atoms with Crippen LogP contribution in [0.5, 0.6) is 0 Å². The summed E-state index contributed by atoms with van der Waals surface area (Å²) in [5.74, 6) is 1.56.